The van der Waals surface area contributed by atoms with Crippen LogP contribution in [0.4, 0.5) is 4.39 Å². The van der Waals surface area contributed by atoms with Gasteiger partial charge in [-0.05, 0) is 79.6 Å². The third kappa shape index (κ3) is 3.07. The van der Waals surface area contributed by atoms with Gasteiger partial charge in [-0.25, -0.2) is 4.39 Å². The molecule has 2 heteroatoms. The van der Waals surface area contributed by atoms with E-state index >= 15 is 0 Å². The van der Waals surface area contributed by atoms with Crippen molar-refractivity contribution in [1.82, 2.24) is 0 Å². The van der Waals surface area contributed by atoms with Crippen LogP contribution in [0.2, 0.25) is 0 Å². The minimum absolute atomic E-state index is 0.0993. The Kier molecular flexibility index (Phi) is 4.24. The Balaban J connectivity index is 2.28. The van der Waals surface area contributed by atoms with E-state index in [1.165, 1.54) is 16.7 Å². The van der Waals surface area contributed by atoms with E-state index in [1.807, 2.05) is 13.8 Å². The summed E-state index contributed by atoms with van der Waals surface area (Å²) in [4.78, 5) is 0. The van der Waals surface area contributed by atoms with Gasteiger partial charge in [-0.15, -0.1) is 0 Å². The Morgan fingerprint density at radius 2 is 1.50 bits per heavy atom. The summed E-state index contributed by atoms with van der Waals surface area (Å²) in [7, 11) is 0. The molecule has 1 unspecified atom stereocenters. The first-order valence-corrected chi connectivity index (χ1v) is 6.97. The third-order valence-corrected chi connectivity index (χ3v) is 3.96. The van der Waals surface area contributed by atoms with Crippen LogP contribution in [-0.4, -0.2) is 0 Å². The van der Waals surface area contributed by atoms with Crippen LogP contribution in [0.15, 0.2) is 30.3 Å². The largest absolute Gasteiger partial charge is 0.324 e. The van der Waals surface area contributed by atoms with Gasteiger partial charge in [0.05, 0.1) is 0 Å². The summed E-state index contributed by atoms with van der Waals surface area (Å²) < 4.78 is 13.4. The van der Waals surface area contributed by atoms with Crippen LogP contribution in [0.5, 0.6) is 0 Å². The molecule has 0 aliphatic rings. The number of hydrogen-bond donors (Lipinski definition) is 1. The average Bonchev–Trinajstić information content (AvgIpc) is 2.32. The molecule has 0 saturated carbocycles. The molecule has 0 aliphatic heterocycles. The van der Waals surface area contributed by atoms with E-state index in [4.69, 9.17) is 5.73 Å². The van der Waals surface area contributed by atoms with E-state index in [2.05, 4.69) is 32.0 Å². The summed E-state index contributed by atoms with van der Waals surface area (Å²) in [6.07, 6.45) is 0.772. The van der Waals surface area contributed by atoms with Gasteiger partial charge < -0.3 is 5.73 Å². The summed E-state index contributed by atoms with van der Waals surface area (Å²) >= 11 is 0. The van der Waals surface area contributed by atoms with E-state index in [9.17, 15) is 4.39 Å². The fourth-order valence-corrected chi connectivity index (χ4v) is 2.79. The van der Waals surface area contributed by atoms with Gasteiger partial charge >= 0.3 is 0 Å². The topological polar surface area (TPSA) is 26.0 Å². The van der Waals surface area contributed by atoms with E-state index < -0.39 is 0 Å². The van der Waals surface area contributed by atoms with Gasteiger partial charge in [0.15, 0.2) is 0 Å². The zero-order valence-electron chi connectivity index (χ0n) is 12.6. The van der Waals surface area contributed by atoms with Crippen molar-refractivity contribution in [3.05, 3.63) is 69.5 Å². The van der Waals surface area contributed by atoms with Crippen LogP contribution in [0.1, 0.15) is 39.4 Å². The zero-order valence-corrected chi connectivity index (χ0v) is 12.6. The monoisotopic (exact) mass is 271 g/mol. The van der Waals surface area contributed by atoms with E-state index in [0.717, 1.165) is 23.1 Å². The highest BCUT2D eigenvalue weighted by atomic mass is 19.1. The molecule has 0 aromatic heterocycles. The molecular formula is C18H22FN. The van der Waals surface area contributed by atoms with Crippen LogP contribution in [-0.2, 0) is 6.42 Å². The summed E-state index contributed by atoms with van der Waals surface area (Å²) in [5.41, 5.74) is 13.1. The van der Waals surface area contributed by atoms with Crippen molar-refractivity contribution in [3.8, 4) is 0 Å². The van der Waals surface area contributed by atoms with Crippen LogP contribution in [0.3, 0.4) is 0 Å². The standard InChI is InChI=1S/C18H22FN/c1-11-5-6-15(7-12(11)2)10-17(20)18-13(3)8-16(19)9-14(18)4/h5-9,17H,10,20H2,1-4H3. The Labute approximate surface area is 120 Å². The molecule has 0 bridgehead atoms. The number of benzene rings is 2. The summed E-state index contributed by atoms with van der Waals surface area (Å²) in [5.74, 6) is -0.192. The van der Waals surface area contributed by atoms with Crippen molar-refractivity contribution in [1.29, 1.82) is 0 Å². The third-order valence-electron chi connectivity index (χ3n) is 3.96. The molecule has 0 radical (unpaired) electrons. The Hall–Kier alpha value is -1.67. The SMILES string of the molecule is Cc1ccc(CC(N)c2c(C)cc(F)cc2C)cc1C. The van der Waals surface area contributed by atoms with Gasteiger partial charge in [0, 0.05) is 6.04 Å². The molecule has 1 atom stereocenters. The molecule has 0 aliphatic carbocycles. The lowest BCUT2D eigenvalue weighted by Crippen LogP contribution is -2.16. The second-order valence-corrected chi connectivity index (χ2v) is 5.68. The van der Waals surface area contributed by atoms with Gasteiger partial charge in [-0.3, -0.25) is 0 Å². The van der Waals surface area contributed by atoms with Crippen LogP contribution >= 0.6 is 0 Å². The molecule has 1 nitrogen and oxygen atoms in total. The molecule has 0 spiro atoms. The minimum atomic E-state index is -0.192. The molecule has 20 heavy (non-hydrogen) atoms. The first-order valence-electron chi connectivity index (χ1n) is 6.97. The number of rotatable bonds is 3. The van der Waals surface area contributed by atoms with E-state index in [1.54, 1.807) is 12.1 Å². The van der Waals surface area contributed by atoms with Crippen molar-refractivity contribution in [3.63, 3.8) is 0 Å². The zero-order chi connectivity index (χ0) is 14.9. The van der Waals surface area contributed by atoms with Crippen molar-refractivity contribution < 1.29 is 4.39 Å². The Bertz CT molecular complexity index is 608. The summed E-state index contributed by atoms with van der Waals surface area (Å²) in [6, 6.07) is 9.45. The minimum Gasteiger partial charge on any atom is -0.324 e. The maximum absolute atomic E-state index is 13.4. The second kappa shape index (κ2) is 5.76. The molecule has 0 amide bonds. The molecule has 0 fully saturated rings. The number of hydrogen-bond acceptors (Lipinski definition) is 1. The van der Waals surface area contributed by atoms with Gasteiger partial charge in [-0.2, -0.15) is 0 Å². The predicted octanol–water partition coefficient (Wildman–Crippen LogP) is 4.30. The lowest BCUT2D eigenvalue weighted by Gasteiger charge is -2.18. The molecule has 2 aromatic carbocycles. The van der Waals surface area contributed by atoms with Gasteiger partial charge in [0.2, 0.25) is 0 Å². The highest BCUT2D eigenvalue weighted by molar-refractivity contribution is 5.38. The molecule has 0 saturated heterocycles. The lowest BCUT2D eigenvalue weighted by molar-refractivity contribution is 0.620. The fraction of sp³-hybridized carbons (Fsp3) is 0.333. The molecule has 106 valence electrons. The average molecular weight is 271 g/mol. The predicted molar refractivity (Wildman–Crippen MR) is 82.4 cm³/mol. The number of nitrogens with two attached hydrogens (primary N) is 1. The Morgan fingerprint density at radius 1 is 0.900 bits per heavy atom. The molecular weight excluding hydrogens is 249 g/mol. The highest BCUT2D eigenvalue weighted by Gasteiger charge is 2.14. The van der Waals surface area contributed by atoms with Crippen molar-refractivity contribution in [2.75, 3.05) is 0 Å². The quantitative estimate of drug-likeness (QED) is 0.885. The summed E-state index contributed by atoms with van der Waals surface area (Å²) in [5, 5.41) is 0. The smallest absolute Gasteiger partial charge is 0.123 e. The fourth-order valence-electron chi connectivity index (χ4n) is 2.79. The van der Waals surface area contributed by atoms with Crippen molar-refractivity contribution in [2.45, 2.75) is 40.2 Å². The number of aryl methyl sites for hydroxylation is 4. The van der Waals surface area contributed by atoms with Crippen LogP contribution in [0.25, 0.3) is 0 Å². The maximum Gasteiger partial charge on any atom is 0.123 e. The Morgan fingerprint density at radius 3 is 2.05 bits per heavy atom. The maximum atomic E-state index is 13.4. The van der Waals surface area contributed by atoms with Crippen LogP contribution < -0.4 is 5.73 Å². The van der Waals surface area contributed by atoms with Crippen molar-refractivity contribution in [2.24, 2.45) is 5.73 Å². The van der Waals surface area contributed by atoms with E-state index in [0.29, 0.717) is 0 Å². The normalized spacial score (nSPS) is 12.5. The van der Waals surface area contributed by atoms with Crippen LogP contribution in [0, 0.1) is 33.5 Å². The molecule has 2 N–H and O–H groups in total. The van der Waals surface area contributed by atoms with Crippen molar-refractivity contribution >= 4 is 0 Å². The van der Waals surface area contributed by atoms with Gasteiger partial charge in [-0.1, -0.05) is 18.2 Å². The second-order valence-electron chi connectivity index (χ2n) is 5.68. The first kappa shape index (κ1) is 14.7. The summed E-state index contributed by atoms with van der Waals surface area (Å²) in [6.45, 7) is 8.06. The highest BCUT2D eigenvalue weighted by Crippen LogP contribution is 2.25. The lowest BCUT2D eigenvalue weighted by atomic mass is 9.91. The molecule has 0 heterocycles. The number of halogens is 1. The van der Waals surface area contributed by atoms with Gasteiger partial charge in [0.25, 0.3) is 0 Å². The molecule has 2 aromatic rings. The first-order chi connectivity index (χ1) is 9.38. The molecule has 2 rings (SSSR count). The van der Waals surface area contributed by atoms with Gasteiger partial charge in [0.1, 0.15) is 5.82 Å². The van der Waals surface area contributed by atoms with E-state index in [-0.39, 0.29) is 11.9 Å².